The monoisotopic (exact) mass is 472 g/mol. The molecule has 3 unspecified atom stereocenters. The Hall–Kier alpha value is -2.83. The summed E-state index contributed by atoms with van der Waals surface area (Å²) < 4.78 is 16.9. The molecule has 4 heterocycles. The highest BCUT2D eigenvalue weighted by molar-refractivity contribution is 6.33. The summed E-state index contributed by atoms with van der Waals surface area (Å²) in [6.07, 6.45) is 7.22. The lowest BCUT2D eigenvalue weighted by molar-refractivity contribution is 0.115. The molecular weight excluding hydrogens is 444 g/mol. The van der Waals surface area contributed by atoms with Crippen LogP contribution in [0, 0.1) is 17.2 Å². The van der Waals surface area contributed by atoms with E-state index in [4.69, 9.17) is 31.1 Å². The van der Waals surface area contributed by atoms with Gasteiger partial charge in [0, 0.05) is 51.2 Å². The number of methoxy groups -OCH3 is 2. The van der Waals surface area contributed by atoms with E-state index in [-0.39, 0.29) is 24.2 Å². The summed E-state index contributed by atoms with van der Waals surface area (Å²) in [5.74, 6) is 2.05. The normalized spacial score (nSPS) is 25.1. The van der Waals surface area contributed by atoms with Crippen molar-refractivity contribution in [2.75, 3.05) is 43.7 Å². The van der Waals surface area contributed by atoms with Gasteiger partial charge in [0.1, 0.15) is 11.9 Å². The van der Waals surface area contributed by atoms with E-state index in [1.165, 1.54) is 0 Å². The third kappa shape index (κ3) is 5.23. The zero-order chi connectivity index (χ0) is 23.4. The summed E-state index contributed by atoms with van der Waals surface area (Å²) in [6.45, 7) is 4.46. The standard InChI is InChI=1S/C23H29ClN6O3/c1-15-13-29(19-9-22(32-3)27-10-18(19)24)7-5-20(15)33-23-12-26-21(11-28-23)30-14-17(31-2)8-16(30)4-6-25/h9-12,15-17,20H,4-5,7-8,13-14H2,1-3H3/t15?,16?,17-,20?/m1/s1. The molecule has 0 spiro atoms. The predicted octanol–water partition coefficient (Wildman–Crippen LogP) is 3.33. The Morgan fingerprint density at radius 3 is 2.64 bits per heavy atom. The number of anilines is 2. The summed E-state index contributed by atoms with van der Waals surface area (Å²) in [4.78, 5) is 17.6. The molecule has 33 heavy (non-hydrogen) atoms. The van der Waals surface area contributed by atoms with Crippen LogP contribution < -0.4 is 19.3 Å². The number of ether oxygens (including phenoxy) is 3. The first-order valence-corrected chi connectivity index (χ1v) is 11.5. The molecule has 0 amide bonds. The Labute approximate surface area is 199 Å². The van der Waals surface area contributed by atoms with E-state index >= 15 is 0 Å². The second-order valence-corrected chi connectivity index (χ2v) is 8.93. The van der Waals surface area contributed by atoms with Crippen LogP contribution in [0.4, 0.5) is 11.5 Å². The quantitative estimate of drug-likeness (QED) is 0.600. The van der Waals surface area contributed by atoms with E-state index in [1.54, 1.807) is 32.8 Å². The van der Waals surface area contributed by atoms with Crippen LogP contribution in [0.15, 0.2) is 24.7 Å². The van der Waals surface area contributed by atoms with Gasteiger partial charge in [-0.25, -0.2) is 15.0 Å². The average Bonchev–Trinajstić information content (AvgIpc) is 3.24. The van der Waals surface area contributed by atoms with Crippen LogP contribution in [0.2, 0.25) is 5.02 Å². The molecule has 0 aliphatic carbocycles. The largest absolute Gasteiger partial charge is 0.481 e. The van der Waals surface area contributed by atoms with Crippen molar-refractivity contribution in [3.8, 4) is 17.8 Å². The Balaban J connectivity index is 1.38. The van der Waals surface area contributed by atoms with Crippen molar-refractivity contribution in [3.05, 3.63) is 29.7 Å². The summed E-state index contributed by atoms with van der Waals surface area (Å²) in [5, 5.41) is 9.75. The maximum atomic E-state index is 9.14. The van der Waals surface area contributed by atoms with Gasteiger partial charge in [0.25, 0.3) is 0 Å². The van der Waals surface area contributed by atoms with Gasteiger partial charge in [-0.1, -0.05) is 18.5 Å². The SMILES string of the molecule is COc1cc(N2CCC(Oc3cnc(N4C[C@H](OC)CC4CC#N)cn3)C(C)C2)c(Cl)cn1. The molecule has 0 aromatic carbocycles. The fourth-order valence-electron chi connectivity index (χ4n) is 4.58. The lowest BCUT2D eigenvalue weighted by Gasteiger charge is -2.38. The number of nitrogens with zero attached hydrogens (tertiary/aromatic N) is 6. The van der Waals surface area contributed by atoms with Crippen LogP contribution in [-0.4, -0.2) is 67.1 Å². The van der Waals surface area contributed by atoms with Gasteiger partial charge in [-0.15, -0.1) is 0 Å². The lowest BCUT2D eigenvalue weighted by atomic mass is 9.96. The van der Waals surface area contributed by atoms with Crippen LogP contribution in [0.5, 0.6) is 11.8 Å². The van der Waals surface area contributed by atoms with Gasteiger partial charge in [0.05, 0.1) is 55.0 Å². The topological polar surface area (TPSA) is 96.6 Å². The molecule has 176 valence electrons. The van der Waals surface area contributed by atoms with Gasteiger partial charge in [-0.3, -0.25) is 0 Å². The molecule has 9 nitrogen and oxygen atoms in total. The Morgan fingerprint density at radius 1 is 1.15 bits per heavy atom. The summed E-state index contributed by atoms with van der Waals surface area (Å²) >= 11 is 6.38. The molecule has 10 heteroatoms. The third-order valence-electron chi connectivity index (χ3n) is 6.40. The van der Waals surface area contributed by atoms with E-state index in [1.807, 2.05) is 6.07 Å². The van der Waals surface area contributed by atoms with Gasteiger partial charge in [-0.05, 0) is 6.42 Å². The Bertz CT molecular complexity index is 985. The molecule has 2 aliphatic heterocycles. The van der Waals surface area contributed by atoms with Crippen LogP contribution >= 0.6 is 11.6 Å². The number of pyridine rings is 1. The van der Waals surface area contributed by atoms with Crippen LogP contribution in [0.25, 0.3) is 0 Å². The van der Waals surface area contributed by atoms with Crippen LogP contribution in [0.3, 0.4) is 0 Å². The van der Waals surface area contributed by atoms with E-state index in [0.29, 0.717) is 29.7 Å². The van der Waals surface area contributed by atoms with E-state index in [2.05, 4.69) is 37.7 Å². The Morgan fingerprint density at radius 2 is 1.97 bits per heavy atom. The summed E-state index contributed by atoms with van der Waals surface area (Å²) in [6, 6.07) is 4.21. The fourth-order valence-corrected chi connectivity index (χ4v) is 4.80. The summed E-state index contributed by atoms with van der Waals surface area (Å²) in [5.41, 5.74) is 0.921. The Kier molecular flexibility index (Phi) is 7.36. The van der Waals surface area contributed by atoms with E-state index < -0.39 is 0 Å². The number of rotatable bonds is 7. The van der Waals surface area contributed by atoms with Crippen molar-refractivity contribution in [1.29, 1.82) is 5.26 Å². The second kappa shape index (κ2) is 10.4. The second-order valence-electron chi connectivity index (χ2n) is 8.52. The maximum absolute atomic E-state index is 9.14. The van der Waals surface area contributed by atoms with E-state index in [0.717, 1.165) is 37.4 Å². The highest BCUT2D eigenvalue weighted by Crippen LogP contribution is 2.33. The highest BCUT2D eigenvalue weighted by atomic mass is 35.5. The molecule has 4 rings (SSSR count). The predicted molar refractivity (Wildman–Crippen MR) is 125 cm³/mol. The molecule has 2 aromatic heterocycles. The minimum Gasteiger partial charge on any atom is -0.481 e. The van der Waals surface area contributed by atoms with Gasteiger partial charge in [0.15, 0.2) is 0 Å². The van der Waals surface area contributed by atoms with Gasteiger partial charge in [-0.2, -0.15) is 5.26 Å². The number of piperidine rings is 1. The van der Waals surface area contributed by atoms with Crippen molar-refractivity contribution in [2.45, 2.75) is 44.4 Å². The maximum Gasteiger partial charge on any atom is 0.232 e. The molecule has 2 aromatic rings. The van der Waals surface area contributed by atoms with Crippen molar-refractivity contribution >= 4 is 23.1 Å². The molecule has 0 N–H and O–H groups in total. The molecular formula is C23H29ClN6O3. The first-order valence-electron chi connectivity index (χ1n) is 11.1. The highest BCUT2D eigenvalue weighted by Gasteiger charge is 2.33. The van der Waals surface area contributed by atoms with Crippen molar-refractivity contribution in [3.63, 3.8) is 0 Å². The van der Waals surface area contributed by atoms with Gasteiger partial charge >= 0.3 is 0 Å². The van der Waals surface area contributed by atoms with Crippen LogP contribution in [-0.2, 0) is 4.74 Å². The molecule has 2 saturated heterocycles. The third-order valence-corrected chi connectivity index (χ3v) is 6.69. The number of aromatic nitrogens is 3. The molecule has 0 bridgehead atoms. The molecule has 0 radical (unpaired) electrons. The van der Waals surface area contributed by atoms with Gasteiger partial charge < -0.3 is 24.0 Å². The van der Waals surface area contributed by atoms with Crippen LogP contribution in [0.1, 0.15) is 26.2 Å². The number of hydrogen-bond acceptors (Lipinski definition) is 9. The molecule has 4 atom stereocenters. The zero-order valence-electron chi connectivity index (χ0n) is 19.1. The minimum absolute atomic E-state index is 0.0277. The van der Waals surface area contributed by atoms with Crippen molar-refractivity contribution in [1.82, 2.24) is 15.0 Å². The minimum atomic E-state index is 0.0277. The first kappa shape index (κ1) is 23.3. The molecule has 0 saturated carbocycles. The van der Waals surface area contributed by atoms with E-state index in [9.17, 15) is 0 Å². The molecule has 2 fully saturated rings. The molecule has 2 aliphatic rings. The fraction of sp³-hybridized carbons (Fsp3) is 0.565. The number of nitriles is 1. The summed E-state index contributed by atoms with van der Waals surface area (Å²) in [7, 11) is 3.30. The van der Waals surface area contributed by atoms with Gasteiger partial charge in [0.2, 0.25) is 11.8 Å². The van der Waals surface area contributed by atoms with Crippen molar-refractivity contribution in [2.24, 2.45) is 5.92 Å². The lowest BCUT2D eigenvalue weighted by Crippen LogP contribution is -2.44. The van der Waals surface area contributed by atoms with Crippen molar-refractivity contribution < 1.29 is 14.2 Å². The number of halogens is 1. The smallest absolute Gasteiger partial charge is 0.232 e. The first-order chi connectivity index (χ1) is 16.0. The average molecular weight is 473 g/mol. The zero-order valence-corrected chi connectivity index (χ0v) is 19.9. The number of hydrogen-bond donors (Lipinski definition) is 0.